The molecule has 1 aromatic carbocycles. The molecule has 3 amide bonds. The van der Waals surface area contributed by atoms with Crippen molar-refractivity contribution in [3.63, 3.8) is 0 Å². The zero-order chi connectivity index (χ0) is 51.5. The van der Waals surface area contributed by atoms with Gasteiger partial charge in [0, 0.05) is 55.2 Å². The van der Waals surface area contributed by atoms with E-state index in [4.69, 9.17) is 28.7 Å². The number of ketones is 1. The van der Waals surface area contributed by atoms with E-state index in [1.165, 1.54) is 18.3 Å². The highest BCUT2D eigenvalue weighted by Gasteiger charge is 2.26. The molecule has 0 unspecified atom stereocenters. The number of piperazine rings is 1. The van der Waals surface area contributed by atoms with Crippen molar-refractivity contribution in [3.8, 4) is 0 Å². The quantitative estimate of drug-likeness (QED) is 0.0370. The van der Waals surface area contributed by atoms with Crippen molar-refractivity contribution in [1.82, 2.24) is 34.7 Å². The minimum atomic E-state index is -0.348. The van der Waals surface area contributed by atoms with Crippen LogP contribution in [0.3, 0.4) is 0 Å². The number of amides is 3. The molecule has 21 nitrogen and oxygen atoms in total. The van der Waals surface area contributed by atoms with E-state index in [9.17, 15) is 24.0 Å². The number of nitrogens with zero attached hydrogens (tertiary/aromatic N) is 7. The lowest BCUT2D eigenvalue weighted by Crippen LogP contribution is -2.49. The Morgan fingerprint density at radius 1 is 0.740 bits per heavy atom. The molecule has 4 N–H and O–H groups in total. The van der Waals surface area contributed by atoms with Gasteiger partial charge in [-0.1, -0.05) is 25.0 Å². The number of carbonyl (C=O) groups is 4. The van der Waals surface area contributed by atoms with Crippen molar-refractivity contribution in [1.29, 1.82) is 0 Å². The van der Waals surface area contributed by atoms with Crippen LogP contribution in [0.5, 0.6) is 0 Å². The molecule has 0 atom stereocenters. The predicted octanol–water partition coefficient (Wildman–Crippen LogP) is 5.23. The first-order chi connectivity index (χ1) is 35.4. The molecular formula is C51H67N11O10S. The minimum absolute atomic E-state index is 0.00503. The molecule has 5 aromatic rings. The third-order valence-electron chi connectivity index (χ3n) is 12.6. The molecule has 1 saturated carbocycles. The van der Waals surface area contributed by atoms with Crippen molar-refractivity contribution < 1.29 is 42.9 Å². The van der Waals surface area contributed by atoms with E-state index in [-0.39, 0.29) is 53.7 Å². The number of hydrogen-bond donors (Lipinski definition) is 4. The van der Waals surface area contributed by atoms with Crippen LogP contribution in [-0.4, -0.2) is 158 Å². The van der Waals surface area contributed by atoms with Crippen LogP contribution in [0.4, 0.5) is 28.3 Å². The summed E-state index contributed by atoms with van der Waals surface area (Å²) >= 11 is 1.40. The molecule has 7 rings (SSSR count). The van der Waals surface area contributed by atoms with Crippen LogP contribution in [-0.2, 0) is 33.3 Å². The maximum absolute atomic E-state index is 13.6. The van der Waals surface area contributed by atoms with Crippen molar-refractivity contribution in [2.75, 3.05) is 126 Å². The Morgan fingerprint density at radius 2 is 1.40 bits per heavy atom. The third-order valence-corrected chi connectivity index (χ3v) is 13.6. The number of carbonyl (C=O) groups excluding carboxylic acids is 4. The number of benzene rings is 1. The van der Waals surface area contributed by atoms with Gasteiger partial charge in [-0.25, -0.2) is 15.0 Å². The molecule has 2 fully saturated rings. The number of thiazole rings is 1. The van der Waals surface area contributed by atoms with Crippen LogP contribution >= 0.6 is 11.3 Å². The standard InChI is InChI=1S/C51H67N11O10S/c1-34-41-32-54-50(58-47(41)62(38-9-5-6-10-38)49(67)46(34)36(3)63)57-43-14-13-39(31-53-43)61-19-17-60(18-20-61)33-45(65)52-16-22-69-24-26-71-28-30-72-29-27-70-25-23-68-21-15-44(64)56-42-12-8-7-11-40(42)48(66)59-51-55-35(2)37(4)73-51/h7-8,11-14,31-32,38H,5-6,9-10,15-30,33H2,1-4H3,(H,52,65)(H,56,64)(H,55,59,66)(H,53,54,57,58). The third kappa shape index (κ3) is 15.9. The number of hydrogen-bond acceptors (Lipinski definition) is 18. The highest BCUT2D eigenvalue weighted by Crippen LogP contribution is 2.32. The molecule has 4 aromatic heterocycles. The lowest BCUT2D eigenvalue weighted by atomic mass is 10.0. The monoisotopic (exact) mass is 1030 g/mol. The molecule has 1 aliphatic carbocycles. The van der Waals surface area contributed by atoms with Gasteiger partial charge in [-0.05, 0) is 70.4 Å². The summed E-state index contributed by atoms with van der Waals surface area (Å²) in [5.41, 5.74) is 3.63. The number of aromatic nitrogens is 5. The molecule has 73 heavy (non-hydrogen) atoms. The number of aryl methyl sites for hydroxylation is 3. The first kappa shape index (κ1) is 54.5. The maximum atomic E-state index is 13.6. The van der Waals surface area contributed by atoms with E-state index in [0.29, 0.717) is 117 Å². The van der Waals surface area contributed by atoms with Gasteiger partial charge in [0.2, 0.25) is 17.8 Å². The summed E-state index contributed by atoms with van der Waals surface area (Å²) < 4.78 is 29.5. The molecule has 2 aliphatic rings. The molecule has 22 heteroatoms. The molecule has 0 bridgehead atoms. The smallest absolute Gasteiger partial charge is 0.263 e. The Bertz CT molecular complexity index is 2680. The van der Waals surface area contributed by atoms with E-state index in [1.807, 2.05) is 26.0 Å². The molecule has 1 aliphatic heterocycles. The molecule has 392 valence electrons. The summed E-state index contributed by atoms with van der Waals surface area (Å²) in [6.07, 6.45) is 7.39. The number of fused-ring (bicyclic) bond motifs is 1. The maximum Gasteiger partial charge on any atom is 0.263 e. The summed E-state index contributed by atoms with van der Waals surface area (Å²) in [6.45, 7) is 14.4. The zero-order valence-corrected chi connectivity index (χ0v) is 43.0. The summed E-state index contributed by atoms with van der Waals surface area (Å²) in [5, 5.41) is 12.9. The average molecular weight is 1030 g/mol. The van der Waals surface area contributed by atoms with Gasteiger partial charge in [-0.2, -0.15) is 4.98 Å². The van der Waals surface area contributed by atoms with E-state index >= 15 is 0 Å². The lowest BCUT2D eigenvalue weighted by molar-refractivity contribution is -0.122. The predicted molar refractivity (Wildman–Crippen MR) is 279 cm³/mol. The van der Waals surface area contributed by atoms with Gasteiger partial charge < -0.3 is 44.5 Å². The SMILES string of the molecule is CC(=O)c1c(C)c2cnc(Nc3ccc(N4CCN(CC(=O)NCCOCCOCCOCCOCCOCCC(=O)Nc5ccccc5C(=O)Nc5nc(C)c(C)s5)CC4)cn3)nc2n(C2CCCC2)c1=O. The number of rotatable bonds is 28. The molecule has 5 heterocycles. The average Bonchev–Trinajstić information content (AvgIpc) is 4.02. The van der Waals surface area contributed by atoms with Crippen molar-refractivity contribution in [2.24, 2.45) is 0 Å². The fourth-order valence-electron chi connectivity index (χ4n) is 8.60. The number of pyridine rings is 2. The Balaban J connectivity index is 0.664. The fraction of sp³-hybridized carbons (Fsp3) is 0.510. The van der Waals surface area contributed by atoms with Gasteiger partial charge in [0.15, 0.2) is 10.9 Å². The largest absolute Gasteiger partial charge is 0.379 e. The van der Waals surface area contributed by atoms with Crippen LogP contribution in [0.25, 0.3) is 11.0 Å². The molecular weight excluding hydrogens is 959 g/mol. The van der Waals surface area contributed by atoms with E-state index in [1.54, 1.807) is 48.1 Å². The highest BCUT2D eigenvalue weighted by molar-refractivity contribution is 7.15. The van der Waals surface area contributed by atoms with E-state index in [0.717, 1.165) is 68.1 Å². The van der Waals surface area contributed by atoms with Crippen LogP contribution in [0, 0.1) is 20.8 Å². The minimum Gasteiger partial charge on any atom is -0.379 e. The zero-order valence-electron chi connectivity index (χ0n) is 42.2. The van der Waals surface area contributed by atoms with Crippen molar-refractivity contribution >= 4 is 74.1 Å². The van der Waals surface area contributed by atoms with Crippen molar-refractivity contribution in [2.45, 2.75) is 65.8 Å². The fourth-order valence-corrected chi connectivity index (χ4v) is 9.41. The Kier molecular flexibility index (Phi) is 20.7. The Hall–Kier alpha value is -6.27. The van der Waals surface area contributed by atoms with Crippen LogP contribution < -0.4 is 31.7 Å². The number of Topliss-reactive ketones (excluding diaryl/α,β-unsaturated/α-hetero) is 1. The molecule has 1 saturated heterocycles. The van der Waals surface area contributed by atoms with Crippen molar-refractivity contribution in [3.05, 3.63) is 86.4 Å². The number of para-hydroxylation sites is 1. The summed E-state index contributed by atoms with van der Waals surface area (Å²) in [5.74, 6) is -0.0386. The van der Waals surface area contributed by atoms with E-state index in [2.05, 4.69) is 46.0 Å². The number of nitrogens with one attached hydrogen (secondary N) is 4. The summed E-state index contributed by atoms with van der Waals surface area (Å²) in [4.78, 5) is 87.7. The second kappa shape index (κ2) is 27.7. The molecule has 0 spiro atoms. The van der Waals surface area contributed by atoms with E-state index < -0.39 is 0 Å². The Morgan fingerprint density at radius 3 is 2.03 bits per heavy atom. The van der Waals surface area contributed by atoms with Gasteiger partial charge in [-0.15, -0.1) is 11.3 Å². The lowest BCUT2D eigenvalue weighted by Gasteiger charge is -2.35. The summed E-state index contributed by atoms with van der Waals surface area (Å²) in [7, 11) is 0. The van der Waals surface area contributed by atoms with Gasteiger partial charge >= 0.3 is 0 Å². The summed E-state index contributed by atoms with van der Waals surface area (Å²) in [6, 6.07) is 10.7. The second-order valence-electron chi connectivity index (χ2n) is 17.8. The first-order valence-corrected chi connectivity index (χ1v) is 25.7. The Labute approximate surface area is 428 Å². The highest BCUT2D eigenvalue weighted by atomic mass is 32.1. The van der Waals surface area contributed by atoms with Crippen LogP contribution in [0.1, 0.15) is 81.9 Å². The topological polar surface area (TPSA) is 243 Å². The van der Waals surface area contributed by atoms with Crippen LogP contribution in [0.15, 0.2) is 53.6 Å². The molecule has 0 radical (unpaired) electrons. The second-order valence-corrected chi connectivity index (χ2v) is 19.0. The number of anilines is 5. The van der Waals surface area contributed by atoms with Gasteiger partial charge in [0.25, 0.3) is 11.5 Å². The van der Waals surface area contributed by atoms with Gasteiger partial charge in [-0.3, -0.25) is 38.8 Å². The van der Waals surface area contributed by atoms with Gasteiger partial charge in [0.05, 0.1) is 113 Å². The number of ether oxygens (including phenoxy) is 5. The van der Waals surface area contributed by atoms with Gasteiger partial charge in [0.1, 0.15) is 11.5 Å². The first-order valence-electron chi connectivity index (χ1n) is 24.9. The van der Waals surface area contributed by atoms with Crippen LogP contribution in [0.2, 0.25) is 0 Å². The normalized spacial score (nSPS) is 14.2.